The maximum Gasteiger partial charge on any atom is 0.182 e. The molecule has 0 bridgehead atoms. The van der Waals surface area contributed by atoms with Gasteiger partial charge in [-0.25, -0.2) is 9.67 Å². The van der Waals surface area contributed by atoms with Crippen LogP contribution in [0.5, 0.6) is 0 Å². The van der Waals surface area contributed by atoms with E-state index < -0.39 is 0 Å². The fourth-order valence-corrected chi connectivity index (χ4v) is 5.66. The molecule has 39 heavy (non-hydrogen) atoms. The lowest BCUT2D eigenvalue weighted by Gasteiger charge is -2.42. The Labute approximate surface area is 228 Å². The molecule has 1 aromatic heterocycles. The molecule has 4 nitrogen and oxygen atoms in total. The first-order valence-corrected chi connectivity index (χ1v) is 13.3. The molecule has 1 aliphatic heterocycles. The molecule has 0 aliphatic carbocycles. The summed E-state index contributed by atoms with van der Waals surface area (Å²) < 4.78 is 1.94. The van der Waals surface area contributed by atoms with E-state index in [1.54, 1.807) is 0 Å². The SMILES string of the molecule is CC1(C)c2ccccc2N(c2ccc(-c3nc(-c4ccccc4)nn3-c3ccccc3)cc2)c2ccccc21. The summed E-state index contributed by atoms with van der Waals surface area (Å²) in [6.45, 7) is 4.62. The van der Waals surface area contributed by atoms with Crippen LogP contribution in [0.3, 0.4) is 0 Å². The van der Waals surface area contributed by atoms with Crippen LogP contribution in [0.4, 0.5) is 17.1 Å². The first-order chi connectivity index (χ1) is 19.1. The average Bonchev–Trinajstić information content (AvgIpc) is 3.44. The molecular weight excluding hydrogens is 476 g/mol. The number of rotatable bonds is 4. The second-order valence-electron chi connectivity index (χ2n) is 10.4. The molecule has 0 fully saturated rings. The lowest BCUT2D eigenvalue weighted by atomic mass is 9.73. The first-order valence-electron chi connectivity index (χ1n) is 13.3. The quantitative estimate of drug-likeness (QED) is 0.241. The van der Waals surface area contributed by atoms with Gasteiger partial charge in [-0.2, -0.15) is 0 Å². The van der Waals surface area contributed by atoms with Crippen LogP contribution in [-0.4, -0.2) is 14.8 Å². The van der Waals surface area contributed by atoms with Crippen LogP contribution < -0.4 is 4.90 Å². The van der Waals surface area contributed by atoms with E-state index in [2.05, 4.69) is 104 Å². The minimum atomic E-state index is -0.0798. The van der Waals surface area contributed by atoms with Crippen molar-refractivity contribution in [3.05, 3.63) is 145 Å². The van der Waals surface area contributed by atoms with Crippen molar-refractivity contribution in [3.8, 4) is 28.5 Å². The largest absolute Gasteiger partial charge is 0.310 e. The van der Waals surface area contributed by atoms with E-state index in [4.69, 9.17) is 10.1 Å². The minimum absolute atomic E-state index is 0.0798. The molecule has 0 saturated carbocycles. The Morgan fingerprint density at radius 3 is 1.67 bits per heavy atom. The van der Waals surface area contributed by atoms with Crippen molar-refractivity contribution < 1.29 is 0 Å². The van der Waals surface area contributed by atoms with E-state index in [1.807, 2.05) is 53.2 Å². The standard InChI is InChI=1S/C35H28N4/c1-35(2)29-17-9-11-19-31(29)38(32-20-12-10-18-30(32)35)27-23-21-26(22-24-27)34-36-33(25-13-5-3-6-14-25)37-39(34)28-15-7-4-8-16-28/h3-24H,1-2H3. The van der Waals surface area contributed by atoms with Crippen molar-refractivity contribution >= 4 is 17.1 Å². The molecule has 4 heteroatoms. The number of fused-ring (bicyclic) bond motifs is 2. The molecule has 5 aromatic carbocycles. The average molecular weight is 505 g/mol. The molecule has 0 amide bonds. The Morgan fingerprint density at radius 1 is 0.513 bits per heavy atom. The van der Waals surface area contributed by atoms with Crippen molar-refractivity contribution in [1.82, 2.24) is 14.8 Å². The molecule has 0 radical (unpaired) electrons. The molecular formula is C35H28N4. The predicted octanol–water partition coefficient (Wildman–Crippen LogP) is 8.71. The lowest BCUT2D eigenvalue weighted by Crippen LogP contribution is -2.30. The number of aromatic nitrogens is 3. The monoisotopic (exact) mass is 504 g/mol. The van der Waals surface area contributed by atoms with Crippen LogP contribution in [-0.2, 0) is 5.41 Å². The zero-order valence-corrected chi connectivity index (χ0v) is 22.0. The number of anilines is 3. The Kier molecular flexibility index (Phi) is 5.41. The van der Waals surface area contributed by atoms with Gasteiger partial charge in [0.15, 0.2) is 11.6 Å². The maximum absolute atomic E-state index is 5.00. The van der Waals surface area contributed by atoms with Gasteiger partial charge >= 0.3 is 0 Å². The van der Waals surface area contributed by atoms with Gasteiger partial charge in [0.2, 0.25) is 0 Å². The second-order valence-corrected chi connectivity index (χ2v) is 10.4. The summed E-state index contributed by atoms with van der Waals surface area (Å²) in [6.07, 6.45) is 0. The van der Waals surface area contributed by atoms with Crippen molar-refractivity contribution in [2.24, 2.45) is 0 Å². The van der Waals surface area contributed by atoms with Gasteiger partial charge in [0.1, 0.15) is 0 Å². The van der Waals surface area contributed by atoms with E-state index in [0.29, 0.717) is 5.82 Å². The summed E-state index contributed by atoms with van der Waals surface area (Å²) in [7, 11) is 0. The molecule has 0 atom stereocenters. The van der Waals surface area contributed by atoms with Crippen molar-refractivity contribution in [2.45, 2.75) is 19.3 Å². The first kappa shape index (κ1) is 23.2. The summed E-state index contributed by atoms with van der Waals surface area (Å²) in [4.78, 5) is 7.37. The molecule has 0 N–H and O–H groups in total. The zero-order chi connectivity index (χ0) is 26.4. The van der Waals surface area contributed by atoms with Gasteiger partial charge < -0.3 is 4.90 Å². The third kappa shape index (κ3) is 3.84. The van der Waals surface area contributed by atoms with E-state index in [0.717, 1.165) is 28.3 Å². The van der Waals surface area contributed by atoms with Crippen LogP contribution in [0.2, 0.25) is 0 Å². The molecule has 0 spiro atoms. The third-order valence-corrected chi connectivity index (χ3v) is 7.66. The van der Waals surface area contributed by atoms with Gasteiger partial charge in [0.05, 0.1) is 17.1 Å². The summed E-state index contributed by atoms with van der Waals surface area (Å²) in [5.41, 5.74) is 9.10. The molecule has 7 rings (SSSR count). The van der Waals surface area contributed by atoms with Crippen LogP contribution in [0.1, 0.15) is 25.0 Å². The van der Waals surface area contributed by atoms with Gasteiger partial charge in [-0.15, -0.1) is 5.10 Å². The molecule has 6 aromatic rings. The topological polar surface area (TPSA) is 34.0 Å². The fourth-order valence-electron chi connectivity index (χ4n) is 5.66. The highest BCUT2D eigenvalue weighted by Crippen LogP contribution is 2.51. The van der Waals surface area contributed by atoms with Crippen LogP contribution >= 0.6 is 0 Å². The van der Waals surface area contributed by atoms with Crippen LogP contribution in [0.25, 0.3) is 28.5 Å². The normalized spacial score (nSPS) is 13.5. The molecule has 0 unspecified atom stereocenters. The number of benzene rings is 5. The summed E-state index contributed by atoms with van der Waals surface area (Å²) in [6, 6.07) is 46.5. The minimum Gasteiger partial charge on any atom is -0.310 e. The highest BCUT2D eigenvalue weighted by molar-refractivity contribution is 5.86. The highest BCUT2D eigenvalue weighted by atomic mass is 15.4. The van der Waals surface area contributed by atoms with Crippen LogP contribution in [0, 0.1) is 0 Å². The van der Waals surface area contributed by atoms with Gasteiger partial charge in [0.25, 0.3) is 0 Å². The molecule has 2 heterocycles. The third-order valence-electron chi connectivity index (χ3n) is 7.66. The highest BCUT2D eigenvalue weighted by Gasteiger charge is 2.36. The molecule has 188 valence electrons. The van der Waals surface area contributed by atoms with Gasteiger partial charge in [-0.3, -0.25) is 0 Å². The van der Waals surface area contributed by atoms with E-state index in [-0.39, 0.29) is 5.41 Å². The number of hydrogen-bond acceptors (Lipinski definition) is 3. The predicted molar refractivity (Wildman–Crippen MR) is 159 cm³/mol. The van der Waals surface area contributed by atoms with Gasteiger partial charge in [0, 0.05) is 22.2 Å². The lowest BCUT2D eigenvalue weighted by molar-refractivity contribution is 0.632. The Hall–Kier alpha value is -4.96. The Bertz CT molecular complexity index is 1720. The summed E-state index contributed by atoms with van der Waals surface area (Å²) in [5, 5.41) is 4.91. The summed E-state index contributed by atoms with van der Waals surface area (Å²) in [5.74, 6) is 1.52. The Balaban J connectivity index is 1.35. The van der Waals surface area contributed by atoms with Crippen molar-refractivity contribution in [1.29, 1.82) is 0 Å². The zero-order valence-electron chi connectivity index (χ0n) is 22.0. The van der Waals surface area contributed by atoms with Crippen molar-refractivity contribution in [2.75, 3.05) is 4.90 Å². The summed E-state index contributed by atoms with van der Waals surface area (Å²) >= 11 is 0. The number of hydrogen-bond donors (Lipinski definition) is 0. The van der Waals surface area contributed by atoms with E-state index in [9.17, 15) is 0 Å². The number of nitrogens with zero attached hydrogens (tertiary/aromatic N) is 4. The van der Waals surface area contributed by atoms with Crippen LogP contribution in [0.15, 0.2) is 133 Å². The van der Waals surface area contributed by atoms with Gasteiger partial charge in [-0.05, 0) is 59.7 Å². The van der Waals surface area contributed by atoms with Gasteiger partial charge in [-0.1, -0.05) is 98.8 Å². The Morgan fingerprint density at radius 2 is 1.05 bits per heavy atom. The number of para-hydroxylation sites is 3. The van der Waals surface area contributed by atoms with E-state index in [1.165, 1.54) is 22.5 Å². The second kappa shape index (κ2) is 9.10. The fraction of sp³-hybridized carbons (Fsp3) is 0.0857. The van der Waals surface area contributed by atoms with E-state index >= 15 is 0 Å². The molecule has 0 saturated heterocycles. The van der Waals surface area contributed by atoms with Crippen molar-refractivity contribution in [3.63, 3.8) is 0 Å². The maximum atomic E-state index is 5.00. The molecule has 1 aliphatic rings. The smallest absolute Gasteiger partial charge is 0.182 e.